The SMILES string of the molecule is CNC(c1cc(Br)cc(Br)c1)C1CCC1. The van der Waals surface area contributed by atoms with Crippen molar-refractivity contribution in [2.75, 3.05) is 7.05 Å². The Morgan fingerprint density at radius 3 is 2.20 bits per heavy atom. The van der Waals surface area contributed by atoms with Crippen molar-refractivity contribution in [1.82, 2.24) is 5.32 Å². The lowest BCUT2D eigenvalue weighted by Crippen LogP contribution is -2.29. The van der Waals surface area contributed by atoms with Crippen LogP contribution in [0.5, 0.6) is 0 Å². The van der Waals surface area contributed by atoms with Gasteiger partial charge in [-0.25, -0.2) is 0 Å². The molecule has 0 saturated heterocycles. The van der Waals surface area contributed by atoms with Crippen LogP contribution in [0, 0.1) is 5.92 Å². The van der Waals surface area contributed by atoms with Gasteiger partial charge in [-0.1, -0.05) is 38.3 Å². The maximum atomic E-state index is 3.54. The summed E-state index contributed by atoms with van der Waals surface area (Å²) < 4.78 is 2.29. The van der Waals surface area contributed by atoms with Crippen molar-refractivity contribution in [2.24, 2.45) is 5.92 Å². The largest absolute Gasteiger partial charge is 0.313 e. The molecule has 1 aromatic rings. The Morgan fingerprint density at radius 1 is 1.20 bits per heavy atom. The summed E-state index contributed by atoms with van der Waals surface area (Å²) in [5, 5.41) is 3.43. The van der Waals surface area contributed by atoms with Gasteiger partial charge in [0, 0.05) is 15.0 Å². The molecule has 1 atom stereocenters. The van der Waals surface area contributed by atoms with Gasteiger partial charge >= 0.3 is 0 Å². The Kier molecular flexibility index (Phi) is 3.86. The molecule has 1 saturated carbocycles. The smallest absolute Gasteiger partial charge is 0.0346 e. The van der Waals surface area contributed by atoms with Crippen LogP contribution in [-0.4, -0.2) is 7.05 Å². The monoisotopic (exact) mass is 331 g/mol. The lowest BCUT2D eigenvalue weighted by Gasteiger charge is -2.34. The summed E-state index contributed by atoms with van der Waals surface area (Å²) in [5.74, 6) is 0.816. The molecule has 0 heterocycles. The van der Waals surface area contributed by atoms with E-state index >= 15 is 0 Å². The normalized spacial score (nSPS) is 18.6. The van der Waals surface area contributed by atoms with E-state index in [9.17, 15) is 0 Å². The first kappa shape index (κ1) is 11.6. The van der Waals surface area contributed by atoms with Crippen molar-refractivity contribution >= 4 is 31.9 Å². The molecule has 15 heavy (non-hydrogen) atoms. The van der Waals surface area contributed by atoms with E-state index in [4.69, 9.17) is 0 Å². The van der Waals surface area contributed by atoms with Gasteiger partial charge in [0.25, 0.3) is 0 Å². The molecule has 1 unspecified atom stereocenters. The second-order valence-electron chi connectivity index (χ2n) is 4.16. The molecule has 1 N–H and O–H groups in total. The van der Waals surface area contributed by atoms with Crippen molar-refractivity contribution < 1.29 is 0 Å². The van der Waals surface area contributed by atoms with Crippen LogP contribution < -0.4 is 5.32 Å². The Balaban J connectivity index is 2.24. The molecule has 0 radical (unpaired) electrons. The van der Waals surface area contributed by atoms with E-state index in [2.05, 4.69) is 62.4 Å². The fraction of sp³-hybridized carbons (Fsp3) is 0.500. The highest BCUT2D eigenvalue weighted by molar-refractivity contribution is 9.11. The average Bonchev–Trinajstić information content (AvgIpc) is 2.08. The molecule has 0 bridgehead atoms. The van der Waals surface area contributed by atoms with Crippen molar-refractivity contribution in [2.45, 2.75) is 25.3 Å². The number of hydrogen-bond acceptors (Lipinski definition) is 1. The zero-order chi connectivity index (χ0) is 10.8. The molecule has 0 aromatic heterocycles. The van der Waals surface area contributed by atoms with Gasteiger partial charge < -0.3 is 5.32 Å². The summed E-state index contributed by atoms with van der Waals surface area (Å²) in [6.07, 6.45) is 4.10. The topological polar surface area (TPSA) is 12.0 Å². The summed E-state index contributed by atoms with van der Waals surface area (Å²) in [6.45, 7) is 0. The van der Waals surface area contributed by atoms with Gasteiger partial charge in [-0.2, -0.15) is 0 Å². The summed E-state index contributed by atoms with van der Waals surface area (Å²) in [4.78, 5) is 0. The van der Waals surface area contributed by atoms with Crippen LogP contribution in [0.15, 0.2) is 27.1 Å². The summed E-state index contributed by atoms with van der Waals surface area (Å²) in [5.41, 5.74) is 1.38. The maximum Gasteiger partial charge on any atom is 0.0346 e. The first-order valence-corrected chi connectivity index (χ1v) is 6.92. The molecular weight excluding hydrogens is 318 g/mol. The number of halogens is 2. The van der Waals surface area contributed by atoms with Crippen LogP contribution in [0.2, 0.25) is 0 Å². The molecule has 1 aliphatic rings. The van der Waals surface area contributed by atoms with E-state index in [0.29, 0.717) is 6.04 Å². The third-order valence-corrected chi connectivity index (χ3v) is 4.09. The van der Waals surface area contributed by atoms with E-state index in [1.807, 2.05) is 0 Å². The average molecular weight is 333 g/mol. The van der Waals surface area contributed by atoms with Gasteiger partial charge in [0.2, 0.25) is 0 Å². The standard InChI is InChI=1S/C12H15Br2N/c1-15-12(8-3-2-4-8)9-5-10(13)7-11(14)6-9/h5-8,12,15H,2-4H2,1H3. The molecule has 0 amide bonds. The van der Waals surface area contributed by atoms with E-state index in [1.165, 1.54) is 24.8 Å². The van der Waals surface area contributed by atoms with E-state index in [1.54, 1.807) is 0 Å². The van der Waals surface area contributed by atoms with Crippen LogP contribution in [0.25, 0.3) is 0 Å². The zero-order valence-electron chi connectivity index (χ0n) is 8.76. The van der Waals surface area contributed by atoms with Gasteiger partial charge in [-0.15, -0.1) is 0 Å². The Bertz CT molecular complexity index is 327. The highest BCUT2D eigenvalue weighted by atomic mass is 79.9. The minimum Gasteiger partial charge on any atom is -0.313 e. The zero-order valence-corrected chi connectivity index (χ0v) is 11.9. The van der Waals surface area contributed by atoms with Gasteiger partial charge in [0.15, 0.2) is 0 Å². The molecule has 3 heteroatoms. The van der Waals surface area contributed by atoms with Gasteiger partial charge in [0.05, 0.1) is 0 Å². The molecule has 1 fully saturated rings. The predicted octanol–water partition coefficient (Wildman–Crippen LogP) is 4.27. The lowest BCUT2D eigenvalue weighted by molar-refractivity contribution is 0.239. The van der Waals surface area contributed by atoms with E-state index in [0.717, 1.165) is 14.9 Å². The van der Waals surface area contributed by atoms with Crippen LogP contribution in [-0.2, 0) is 0 Å². The maximum absolute atomic E-state index is 3.54. The van der Waals surface area contributed by atoms with E-state index < -0.39 is 0 Å². The number of nitrogens with one attached hydrogen (secondary N) is 1. The van der Waals surface area contributed by atoms with Gasteiger partial charge in [0.1, 0.15) is 0 Å². The molecule has 1 nitrogen and oxygen atoms in total. The van der Waals surface area contributed by atoms with Crippen LogP contribution >= 0.6 is 31.9 Å². The van der Waals surface area contributed by atoms with Gasteiger partial charge in [-0.3, -0.25) is 0 Å². The fourth-order valence-corrected chi connectivity index (χ4v) is 3.53. The minimum atomic E-state index is 0.507. The number of benzene rings is 1. The summed E-state index contributed by atoms with van der Waals surface area (Å²) in [7, 11) is 2.05. The third kappa shape index (κ3) is 2.63. The minimum absolute atomic E-state index is 0.507. The number of hydrogen-bond donors (Lipinski definition) is 1. The third-order valence-electron chi connectivity index (χ3n) is 3.18. The van der Waals surface area contributed by atoms with Crippen LogP contribution in [0.1, 0.15) is 30.9 Å². The van der Waals surface area contributed by atoms with Crippen molar-refractivity contribution in [1.29, 1.82) is 0 Å². The molecule has 82 valence electrons. The van der Waals surface area contributed by atoms with Crippen molar-refractivity contribution in [3.05, 3.63) is 32.7 Å². The quantitative estimate of drug-likeness (QED) is 0.871. The first-order chi connectivity index (χ1) is 7.20. The highest BCUT2D eigenvalue weighted by Gasteiger charge is 2.27. The summed E-state index contributed by atoms with van der Waals surface area (Å²) >= 11 is 7.08. The van der Waals surface area contributed by atoms with Crippen molar-refractivity contribution in [3.8, 4) is 0 Å². The van der Waals surface area contributed by atoms with Crippen LogP contribution in [0.4, 0.5) is 0 Å². The molecular formula is C12H15Br2N. The van der Waals surface area contributed by atoms with Gasteiger partial charge in [-0.05, 0) is 49.6 Å². The molecule has 0 spiro atoms. The second-order valence-corrected chi connectivity index (χ2v) is 5.99. The highest BCUT2D eigenvalue weighted by Crippen LogP contribution is 2.38. The summed E-state index contributed by atoms with van der Waals surface area (Å²) in [6, 6.07) is 7.01. The van der Waals surface area contributed by atoms with E-state index in [-0.39, 0.29) is 0 Å². The van der Waals surface area contributed by atoms with Crippen LogP contribution in [0.3, 0.4) is 0 Å². The second kappa shape index (κ2) is 4.98. The molecule has 0 aliphatic heterocycles. The first-order valence-electron chi connectivity index (χ1n) is 5.34. The molecule has 1 aromatic carbocycles. The molecule has 1 aliphatic carbocycles. The number of rotatable bonds is 3. The Morgan fingerprint density at radius 2 is 1.80 bits per heavy atom. The molecule has 2 rings (SSSR count). The fourth-order valence-electron chi connectivity index (χ4n) is 2.20. The lowest BCUT2D eigenvalue weighted by atomic mass is 9.77. The van der Waals surface area contributed by atoms with Crippen molar-refractivity contribution in [3.63, 3.8) is 0 Å². The Hall–Kier alpha value is 0.140. The Labute approximate surface area is 108 Å². The predicted molar refractivity (Wildman–Crippen MR) is 71.0 cm³/mol.